The van der Waals surface area contributed by atoms with E-state index in [9.17, 15) is 24.3 Å². The van der Waals surface area contributed by atoms with Crippen LogP contribution in [0.2, 0.25) is 0 Å². The van der Waals surface area contributed by atoms with Crippen LogP contribution in [-0.4, -0.2) is 88.3 Å². The Hall–Kier alpha value is -4.16. The number of ether oxygens (including phenoxy) is 6. The fourth-order valence-corrected chi connectivity index (χ4v) is 5.60. The minimum atomic E-state index is -1.29. The molecule has 5 unspecified atom stereocenters. The van der Waals surface area contributed by atoms with Gasteiger partial charge in [-0.3, -0.25) is 9.59 Å². The number of benzene rings is 2. The van der Waals surface area contributed by atoms with Gasteiger partial charge in [0.15, 0.2) is 0 Å². The molecule has 54 heavy (non-hydrogen) atoms. The number of carbonyl (C=O) groups excluding carboxylic acids is 4. The second-order valence-electron chi connectivity index (χ2n) is 14.5. The Balaban J connectivity index is 0.000000451. The first-order valence-corrected chi connectivity index (χ1v) is 18.8. The molecule has 2 aromatic rings. The Labute approximate surface area is 321 Å². The molecule has 0 aromatic heterocycles. The molecule has 0 amide bonds. The molecular weight excluding hydrogens is 696 g/mol. The summed E-state index contributed by atoms with van der Waals surface area (Å²) < 4.78 is 28.4. The number of hydrogen-bond donors (Lipinski definition) is 2. The van der Waals surface area contributed by atoms with Gasteiger partial charge in [0.2, 0.25) is 0 Å². The summed E-state index contributed by atoms with van der Waals surface area (Å²) in [6, 6.07) is 20.7. The molecule has 2 aromatic carbocycles. The number of hydrogen-bond acceptors (Lipinski definition) is 12. The predicted molar refractivity (Wildman–Crippen MR) is 205 cm³/mol. The van der Waals surface area contributed by atoms with Gasteiger partial charge in [0.1, 0.15) is 30.7 Å². The van der Waals surface area contributed by atoms with Gasteiger partial charge in [-0.2, -0.15) is 0 Å². The van der Waals surface area contributed by atoms with E-state index in [1.165, 1.54) is 45.1 Å². The zero-order valence-corrected chi connectivity index (χ0v) is 33.5. The molecule has 0 spiro atoms. The van der Waals surface area contributed by atoms with E-state index in [2.05, 4.69) is 83.0 Å². The van der Waals surface area contributed by atoms with Crippen molar-refractivity contribution in [1.29, 1.82) is 0 Å². The molecule has 1 saturated heterocycles. The zero-order chi connectivity index (χ0) is 40.6. The summed E-state index contributed by atoms with van der Waals surface area (Å²) in [5.74, 6) is 1.05. The zero-order valence-electron chi connectivity index (χ0n) is 33.5. The van der Waals surface area contributed by atoms with Gasteiger partial charge in [0.05, 0.1) is 27.4 Å². The number of rotatable bonds is 18. The lowest BCUT2D eigenvalue weighted by molar-refractivity contribution is -0.163. The topological polar surface area (TPSA) is 164 Å². The van der Waals surface area contributed by atoms with E-state index >= 15 is 0 Å². The number of esters is 2. The molecule has 3 rings (SSSR count). The highest BCUT2D eigenvalue weighted by atomic mass is 16.7. The second kappa shape index (κ2) is 25.8. The standard InChI is InChI=1S/C21H32O6.C14H22O.C7H10O5/c1-5-16(2)13-18(17-9-7-6-8-10-17)11-12-26-20(24)27-15-21(3,14-22)19(23)25-4;1-3-12(2)11-14(9-10-15)13-7-5-4-6-8-13;1-7(5(8)10-2)3-11-6(9)12-4-7/h6-10,16,18,22H,5,11-15H2,1-4H3;4-8,12,14-15H,3,9-11H2,1-2H3;3-4H2,1-2H3. The van der Waals surface area contributed by atoms with Crippen LogP contribution in [0.25, 0.3) is 0 Å². The van der Waals surface area contributed by atoms with Crippen LogP contribution in [0.3, 0.4) is 0 Å². The third-order valence-electron chi connectivity index (χ3n) is 9.70. The molecule has 12 nitrogen and oxygen atoms in total. The van der Waals surface area contributed by atoms with Gasteiger partial charge < -0.3 is 38.6 Å². The van der Waals surface area contributed by atoms with Crippen molar-refractivity contribution in [3.05, 3.63) is 71.8 Å². The van der Waals surface area contributed by atoms with Gasteiger partial charge in [-0.25, -0.2) is 9.59 Å². The number of cyclic esters (lactones) is 2. The summed E-state index contributed by atoms with van der Waals surface area (Å²) >= 11 is 0. The van der Waals surface area contributed by atoms with Crippen LogP contribution in [0, 0.1) is 22.7 Å². The van der Waals surface area contributed by atoms with E-state index in [4.69, 9.17) is 14.6 Å². The molecule has 5 atom stereocenters. The fourth-order valence-electron chi connectivity index (χ4n) is 5.60. The Morgan fingerprint density at radius 3 is 1.69 bits per heavy atom. The van der Waals surface area contributed by atoms with E-state index in [0.717, 1.165) is 25.2 Å². The van der Waals surface area contributed by atoms with Crippen LogP contribution in [0.4, 0.5) is 9.59 Å². The number of aliphatic hydroxyl groups is 2. The minimum absolute atomic E-state index is 0.0124. The maximum absolute atomic E-state index is 11.8. The number of methoxy groups -OCH3 is 2. The minimum Gasteiger partial charge on any atom is -0.468 e. The van der Waals surface area contributed by atoms with Gasteiger partial charge in [-0.1, -0.05) is 101 Å². The van der Waals surface area contributed by atoms with E-state index in [-0.39, 0.29) is 33.0 Å². The Morgan fingerprint density at radius 2 is 1.28 bits per heavy atom. The smallest absolute Gasteiger partial charge is 0.468 e. The molecule has 0 saturated carbocycles. The largest absolute Gasteiger partial charge is 0.508 e. The van der Waals surface area contributed by atoms with Crippen LogP contribution in [0.15, 0.2) is 60.7 Å². The molecular formula is C42H64O12. The fraction of sp³-hybridized carbons (Fsp3) is 0.619. The molecule has 304 valence electrons. The van der Waals surface area contributed by atoms with Crippen molar-refractivity contribution in [2.24, 2.45) is 22.7 Å². The van der Waals surface area contributed by atoms with E-state index in [1.807, 2.05) is 24.3 Å². The van der Waals surface area contributed by atoms with Crippen LogP contribution in [0.5, 0.6) is 0 Å². The highest BCUT2D eigenvalue weighted by Gasteiger charge is 2.41. The van der Waals surface area contributed by atoms with E-state index < -0.39 is 41.7 Å². The lowest BCUT2D eigenvalue weighted by atomic mass is 9.86. The quantitative estimate of drug-likeness (QED) is 0.112. The summed E-state index contributed by atoms with van der Waals surface area (Å²) in [5.41, 5.74) is 0.444. The average molecular weight is 761 g/mol. The summed E-state index contributed by atoms with van der Waals surface area (Å²) in [5, 5.41) is 18.4. The van der Waals surface area contributed by atoms with Crippen LogP contribution < -0.4 is 0 Å². The van der Waals surface area contributed by atoms with Crippen molar-refractivity contribution in [3.63, 3.8) is 0 Å². The lowest BCUT2D eigenvalue weighted by Gasteiger charge is -2.28. The number of aliphatic hydroxyl groups excluding tert-OH is 2. The van der Waals surface area contributed by atoms with Gasteiger partial charge >= 0.3 is 24.2 Å². The Kier molecular flexibility index (Phi) is 22.9. The van der Waals surface area contributed by atoms with Crippen LogP contribution in [0.1, 0.15) is 103 Å². The second-order valence-corrected chi connectivity index (χ2v) is 14.5. The molecule has 1 aliphatic heterocycles. The number of carbonyl (C=O) groups is 4. The van der Waals surface area contributed by atoms with Crippen molar-refractivity contribution < 1.29 is 57.8 Å². The SMILES string of the molecule is CCC(C)CC(CCO)c1ccccc1.CCC(C)CC(CCOC(=O)OCC(C)(CO)C(=O)OC)c1ccccc1.COC(=O)C1(C)COC(=O)OC1. The maximum Gasteiger partial charge on any atom is 0.508 e. The van der Waals surface area contributed by atoms with Gasteiger partial charge in [-0.15, -0.1) is 0 Å². The molecule has 2 N–H and O–H groups in total. The van der Waals surface area contributed by atoms with Crippen LogP contribution >= 0.6 is 0 Å². The first-order chi connectivity index (χ1) is 25.7. The molecule has 1 heterocycles. The van der Waals surface area contributed by atoms with Gasteiger partial charge in [-0.05, 0) is 74.3 Å². The van der Waals surface area contributed by atoms with Crippen molar-refractivity contribution in [2.75, 3.05) is 53.9 Å². The molecule has 0 bridgehead atoms. The average Bonchev–Trinajstić information content (AvgIpc) is 3.20. The summed E-state index contributed by atoms with van der Waals surface area (Å²) in [7, 11) is 2.50. The van der Waals surface area contributed by atoms with Gasteiger partial charge in [0.25, 0.3) is 0 Å². The molecule has 12 heteroatoms. The first kappa shape index (κ1) is 47.9. The summed E-state index contributed by atoms with van der Waals surface area (Å²) in [4.78, 5) is 45.1. The monoisotopic (exact) mass is 760 g/mol. The first-order valence-electron chi connectivity index (χ1n) is 18.8. The predicted octanol–water partition coefficient (Wildman–Crippen LogP) is 7.84. The molecule has 0 radical (unpaired) electrons. The van der Waals surface area contributed by atoms with E-state index in [1.54, 1.807) is 6.92 Å². The molecule has 0 aliphatic carbocycles. The molecule has 1 fully saturated rings. The Bertz CT molecular complexity index is 1340. The third-order valence-corrected chi connectivity index (χ3v) is 9.70. The summed E-state index contributed by atoms with van der Waals surface area (Å²) in [6.45, 7) is 11.7. The summed E-state index contributed by atoms with van der Waals surface area (Å²) in [6.07, 6.45) is 4.50. The highest BCUT2D eigenvalue weighted by molar-refractivity contribution is 5.78. The van der Waals surface area contributed by atoms with E-state index in [0.29, 0.717) is 24.2 Å². The van der Waals surface area contributed by atoms with Crippen molar-refractivity contribution in [3.8, 4) is 0 Å². The van der Waals surface area contributed by atoms with Gasteiger partial charge in [0, 0.05) is 6.61 Å². The van der Waals surface area contributed by atoms with Crippen molar-refractivity contribution >= 4 is 24.2 Å². The third kappa shape index (κ3) is 17.3. The maximum atomic E-state index is 11.8. The van der Waals surface area contributed by atoms with Crippen molar-refractivity contribution in [1.82, 2.24) is 0 Å². The van der Waals surface area contributed by atoms with Crippen molar-refractivity contribution in [2.45, 2.75) is 91.9 Å². The van der Waals surface area contributed by atoms with Crippen LogP contribution in [-0.2, 0) is 38.0 Å². The normalized spacial score (nSPS) is 16.4. The highest BCUT2D eigenvalue weighted by Crippen LogP contribution is 2.30. The Morgan fingerprint density at radius 1 is 0.796 bits per heavy atom. The molecule has 1 aliphatic rings. The lowest BCUT2D eigenvalue weighted by Crippen LogP contribution is -2.43.